The van der Waals surface area contributed by atoms with Crippen LogP contribution in [0.25, 0.3) is 0 Å². The molecule has 2 amide bonds. The molecule has 31 heavy (non-hydrogen) atoms. The van der Waals surface area contributed by atoms with Crippen molar-refractivity contribution >= 4 is 34.8 Å². The van der Waals surface area contributed by atoms with Gasteiger partial charge in [0.2, 0.25) is 5.91 Å². The molecular weight excluding hydrogens is 412 g/mol. The lowest BCUT2D eigenvalue weighted by molar-refractivity contribution is -0.142. The van der Waals surface area contributed by atoms with Crippen LogP contribution in [-0.4, -0.2) is 39.9 Å². The number of carbonyl (C=O) groups is 3. The highest BCUT2D eigenvalue weighted by atomic mass is 32.1. The smallest absolute Gasteiger partial charge is 0.303 e. The maximum atomic E-state index is 13.5. The average molecular weight is 439 g/mol. The van der Waals surface area contributed by atoms with Crippen molar-refractivity contribution in [1.29, 1.82) is 0 Å². The summed E-state index contributed by atoms with van der Waals surface area (Å²) in [7, 11) is 0. The van der Waals surface area contributed by atoms with E-state index in [2.05, 4.69) is 0 Å². The maximum absolute atomic E-state index is 13.5. The Morgan fingerprint density at radius 3 is 2.58 bits per heavy atom. The summed E-state index contributed by atoms with van der Waals surface area (Å²) in [5, 5.41) is 12.9. The normalized spacial score (nSPS) is 24.4. The van der Waals surface area contributed by atoms with Gasteiger partial charge in [-0.15, -0.1) is 0 Å². The second-order valence-corrected chi connectivity index (χ2v) is 9.56. The van der Waals surface area contributed by atoms with Crippen LogP contribution in [0.5, 0.6) is 0 Å². The summed E-state index contributed by atoms with van der Waals surface area (Å²) in [4.78, 5) is 41.7. The van der Waals surface area contributed by atoms with E-state index < -0.39 is 5.97 Å². The van der Waals surface area contributed by atoms with E-state index in [4.69, 9.17) is 5.11 Å². The molecule has 162 valence electrons. The topological polar surface area (TPSA) is 77.9 Å². The molecule has 0 spiro atoms. The van der Waals surface area contributed by atoms with Crippen molar-refractivity contribution in [3.05, 3.63) is 52.2 Å². The minimum Gasteiger partial charge on any atom is -0.481 e. The zero-order chi connectivity index (χ0) is 21.5. The van der Waals surface area contributed by atoms with Gasteiger partial charge in [-0.2, -0.15) is 11.3 Å². The van der Waals surface area contributed by atoms with Gasteiger partial charge in [0, 0.05) is 35.5 Å². The first-order valence-corrected chi connectivity index (χ1v) is 12.0. The molecule has 0 bridgehead atoms. The molecule has 6 nitrogen and oxygen atoms in total. The monoisotopic (exact) mass is 438 g/mol. The molecule has 5 rings (SSSR count). The first-order valence-electron chi connectivity index (χ1n) is 11.0. The first kappa shape index (κ1) is 20.2. The molecule has 2 aromatic rings. The second-order valence-electron chi connectivity index (χ2n) is 8.78. The number of nitrogens with zero attached hydrogens (tertiary/aromatic N) is 2. The molecule has 1 aliphatic heterocycles. The Kier molecular flexibility index (Phi) is 5.30. The van der Waals surface area contributed by atoms with Crippen molar-refractivity contribution in [3.63, 3.8) is 0 Å². The third-order valence-electron chi connectivity index (χ3n) is 6.85. The number of thiophene rings is 1. The van der Waals surface area contributed by atoms with E-state index in [-0.39, 0.29) is 48.7 Å². The van der Waals surface area contributed by atoms with E-state index in [1.807, 2.05) is 50.9 Å². The van der Waals surface area contributed by atoms with E-state index in [0.717, 1.165) is 43.4 Å². The van der Waals surface area contributed by atoms with E-state index in [1.54, 1.807) is 0 Å². The minimum atomic E-state index is -0.945. The third-order valence-corrected chi connectivity index (χ3v) is 7.53. The number of carboxylic acid groups (broad SMARTS) is 1. The second kappa shape index (κ2) is 8.11. The van der Waals surface area contributed by atoms with Crippen LogP contribution < -0.4 is 4.90 Å². The lowest BCUT2D eigenvalue weighted by Crippen LogP contribution is -2.52. The number of carbonyl (C=O) groups excluding carboxylic acids is 2. The van der Waals surface area contributed by atoms with Crippen LogP contribution >= 0.6 is 11.3 Å². The summed E-state index contributed by atoms with van der Waals surface area (Å²) >= 11 is 1.52. The Hall–Kier alpha value is -2.67. The van der Waals surface area contributed by atoms with Gasteiger partial charge in [-0.1, -0.05) is 24.6 Å². The van der Waals surface area contributed by atoms with Gasteiger partial charge in [-0.05, 0) is 48.8 Å². The van der Waals surface area contributed by atoms with Crippen molar-refractivity contribution < 1.29 is 19.5 Å². The number of fused-ring (bicyclic) bond motifs is 2. The molecule has 3 atom stereocenters. The Morgan fingerprint density at radius 1 is 1.06 bits per heavy atom. The van der Waals surface area contributed by atoms with Crippen LogP contribution in [0, 0.1) is 5.92 Å². The minimum absolute atomic E-state index is 0.0271. The molecule has 1 aromatic heterocycles. The molecule has 0 unspecified atom stereocenters. The molecule has 0 radical (unpaired) electrons. The largest absolute Gasteiger partial charge is 0.481 e. The van der Waals surface area contributed by atoms with Crippen LogP contribution in [0.3, 0.4) is 0 Å². The summed E-state index contributed by atoms with van der Waals surface area (Å²) in [5.74, 6) is -0.821. The molecule has 0 saturated heterocycles. The molecular formula is C24H26N2O4S. The van der Waals surface area contributed by atoms with Crippen LogP contribution in [0.2, 0.25) is 0 Å². The fourth-order valence-electron chi connectivity index (χ4n) is 5.45. The number of hydrogen-bond donors (Lipinski definition) is 1. The maximum Gasteiger partial charge on any atom is 0.303 e. The molecule has 2 heterocycles. The first-order chi connectivity index (χ1) is 15.1. The van der Waals surface area contributed by atoms with Gasteiger partial charge < -0.3 is 14.9 Å². The predicted molar refractivity (Wildman–Crippen MR) is 118 cm³/mol. The van der Waals surface area contributed by atoms with Crippen LogP contribution in [0.15, 0.2) is 41.1 Å². The van der Waals surface area contributed by atoms with Gasteiger partial charge in [0.05, 0.1) is 18.0 Å². The Bertz CT molecular complexity index is 1000. The van der Waals surface area contributed by atoms with Gasteiger partial charge in [-0.25, -0.2) is 0 Å². The summed E-state index contributed by atoms with van der Waals surface area (Å²) in [5.41, 5.74) is 2.62. The van der Waals surface area contributed by atoms with E-state index >= 15 is 0 Å². The highest BCUT2D eigenvalue weighted by Gasteiger charge is 2.51. The van der Waals surface area contributed by atoms with Crippen molar-refractivity contribution in [2.45, 2.75) is 63.1 Å². The van der Waals surface area contributed by atoms with Crippen molar-refractivity contribution in [3.8, 4) is 0 Å². The van der Waals surface area contributed by atoms with Crippen LogP contribution in [0.4, 0.5) is 5.69 Å². The predicted octanol–water partition coefficient (Wildman–Crippen LogP) is 4.47. The van der Waals surface area contributed by atoms with Gasteiger partial charge in [0.15, 0.2) is 0 Å². The molecule has 2 saturated carbocycles. The Labute approximate surface area is 185 Å². The fourth-order valence-corrected chi connectivity index (χ4v) is 6.08. The number of para-hydroxylation sites is 1. The number of hydrogen-bond acceptors (Lipinski definition) is 4. The SMILES string of the molecule is O=C(O)CCC(=O)N(C1CC1)[C@H]1c2ccccc2N(C(=O)c2ccsc2)[C@@H]2CCC[C@@H]21. The zero-order valence-corrected chi connectivity index (χ0v) is 18.1. The summed E-state index contributed by atoms with van der Waals surface area (Å²) in [6.45, 7) is 0. The molecule has 1 aromatic carbocycles. The van der Waals surface area contributed by atoms with Crippen LogP contribution in [0.1, 0.15) is 66.9 Å². The van der Waals surface area contributed by atoms with Gasteiger partial charge in [0.25, 0.3) is 5.91 Å². The van der Waals surface area contributed by atoms with Gasteiger partial charge in [0.1, 0.15) is 0 Å². The number of aliphatic carboxylic acids is 1. The lowest BCUT2D eigenvalue weighted by Gasteiger charge is -2.47. The quantitative estimate of drug-likeness (QED) is 0.722. The standard InChI is InChI=1S/C24H26N2O4S/c27-21(10-11-22(28)29)25(16-8-9-16)23-17-4-1-2-6-19(17)26(20-7-3-5-18(20)23)24(30)15-12-13-31-14-15/h1-2,4,6,12-14,16,18,20,23H,3,5,7-11H2,(H,28,29)/t18-,20+,23-/m0/s1. The summed E-state index contributed by atoms with van der Waals surface area (Å²) in [6, 6.07) is 9.98. The highest BCUT2D eigenvalue weighted by molar-refractivity contribution is 7.08. The molecule has 2 aliphatic carbocycles. The Balaban J connectivity index is 1.56. The number of amides is 2. The Morgan fingerprint density at radius 2 is 1.87 bits per heavy atom. The number of benzene rings is 1. The van der Waals surface area contributed by atoms with Gasteiger partial charge >= 0.3 is 5.97 Å². The van der Waals surface area contributed by atoms with Crippen LogP contribution in [-0.2, 0) is 9.59 Å². The number of rotatable bonds is 6. The highest BCUT2D eigenvalue weighted by Crippen LogP contribution is 2.52. The summed E-state index contributed by atoms with van der Waals surface area (Å²) in [6.07, 6.45) is 4.72. The molecule has 2 fully saturated rings. The summed E-state index contributed by atoms with van der Waals surface area (Å²) < 4.78 is 0. The van der Waals surface area contributed by atoms with Crippen molar-refractivity contribution in [1.82, 2.24) is 4.90 Å². The number of anilines is 1. The zero-order valence-electron chi connectivity index (χ0n) is 17.3. The van der Waals surface area contributed by atoms with E-state index in [9.17, 15) is 14.4 Å². The molecule has 7 heteroatoms. The average Bonchev–Trinajstić information content (AvgIpc) is 3.24. The number of carboxylic acids is 1. The van der Waals surface area contributed by atoms with E-state index in [1.165, 1.54) is 11.3 Å². The third kappa shape index (κ3) is 3.65. The van der Waals surface area contributed by atoms with Crippen molar-refractivity contribution in [2.24, 2.45) is 5.92 Å². The molecule has 3 aliphatic rings. The fraction of sp³-hybridized carbons (Fsp3) is 0.458. The van der Waals surface area contributed by atoms with E-state index in [0.29, 0.717) is 5.56 Å². The van der Waals surface area contributed by atoms with Gasteiger partial charge in [-0.3, -0.25) is 14.4 Å². The lowest BCUT2D eigenvalue weighted by atomic mass is 9.81. The molecule has 1 N–H and O–H groups in total. The van der Waals surface area contributed by atoms with Crippen molar-refractivity contribution in [2.75, 3.05) is 4.90 Å².